The molecule has 1 saturated carbocycles. The third kappa shape index (κ3) is 3.97. The fraction of sp³-hybridized carbons (Fsp3) is 0.429. The van der Waals surface area contributed by atoms with E-state index in [0.717, 1.165) is 6.42 Å². The van der Waals surface area contributed by atoms with Crippen LogP contribution < -0.4 is 10.6 Å². The predicted molar refractivity (Wildman–Crippen MR) is 108 cm³/mol. The van der Waals surface area contributed by atoms with Gasteiger partial charge in [-0.2, -0.15) is 4.39 Å². The van der Waals surface area contributed by atoms with E-state index in [1.807, 2.05) is 0 Å². The molecule has 9 heteroatoms. The topological polar surface area (TPSA) is 113 Å². The van der Waals surface area contributed by atoms with E-state index in [-0.39, 0.29) is 16.8 Å². The average Bonchev–Trinajstić information content (AvgIpc) is 3.18. The van der Waals surface area contributed by atoms with Crippen LogP contribution in [-0.2, 0) is 11.8 Å². The molecule has 8 nitrogen and oxygen atoms in total. The first-order valence-electron chi connectivity index (χ1n) is 9.74. The van der Waals surface area contributed by atoms with Crippen LogP contribution in [0.2, 0.25) is 0 Å². The Balaban J connectivity index is 1.85. The van der Waals surface area contributed by atoms with Crippen molar-refractivity contribution in [3.63, 3.8) is 0 Å². The molecule has 1 fully saturated rings. The number of nitrogens with zero attached hydrogens (tertiary/aromatic N) is 2. The number of anilines is 1. The molecule has 0 aromatic carbocycles. The van der Waals surface area contributed by atoms with Gasteiger partial charge in [-0.25, -0.2) is 4.98 Å². The van der Waals surface area contributed by atoms with Gasteiger partial charge in [0.15, 0.2) is 0 Å². The molecular weight excluding hydrogens is 391 g/mol. The molecule has 2 heterocycles. The molecule has 2 atom stereocenters. The molecule has 3 N–H and O–H groups in total. The van der Waals surface area contributed by atoms with Gasteiger partial charge in [0.1, 0.15) is 0 Å². The zero-order valence-electron chi connectivity index (χ0n) is 17.4. The number of rotatable bonds is 5. The number of aliphatic hydroxyl groups excluding tert-OH is 1. The van der Waals surface area contributed by atoms with Crippen molar-refractivity contribution in [2.45, 2.75) is 52.2 Å². The molecule has 1 aliphatic rings. The van der Waals surface area contributed by atoms with Crippen LogP contribution in [0.1, 0.15) is 56.9 Å². The Kier molecular flexibility index (Phi) is 6.02. The summed E-state index contributed by atoms with van der Waals surface area (Å²) in [4.78, 5) is 41.7. The highest BCUT2D eigenvalue weighted by Gasteiger charge is 2.32. The number of aryl methyl sites for hydroxylation is 1. The van der Waals surface area contributed by atoms with Crippen LogP contribution in [0.3, 0.4) is 0 Å². The van der Waals surface area contributed by atoms with Crippen LogP contribution in [0.5, 0.6) is 0 Å². The Morgan fingerprint density at radius 3 is 2.53 bits per heavy atom. The Morgan fingerprint density at radius 2 is 1.93 bits per heavy atom. The van der Waals surface area contributed by atoms with E-state index >= 15 is 0 Å². The minimum absolute atomic E-state index is 0.107. The fourth-order valence-corrected chi connectivity index (χ4v) is 3.90. The molecule has 0 aliphatic heterocycles. The zero-order chi connectivity index (χ0) is 22.2. The van der Waals surface area contributed by atoms with E-state index in [2.05, 4.69) is 15.6 Å². The zero-order valence-corrected chi connectivity index (χ0v) is 17.4. The molecule has 2 amide bonds. The van der Waals surface area contributed by atoms with E-state index in [0.29, 0.717) is 29.8 Å². The molecule has 0 spiro atoms. The third-order valence-corrected chi connectivity index (χ3v) is 5.65. The first-order chi connectivity index (χ1) is 14.1. The van der Waals surface area contributed by atoms with E-state index in [9.17, 15) is 23.9 Å². The second-order valence-corrected chi connectivity index (χ2v) is 7.69. The third-order valence-electron chi connectivity index (χ3n) is 5.65. The average molecular weight is 416 g/mol. The van der Waals surface area contributed by atoms with Gasteiger partial charge < -0.3 is 20.3 Å². The number of pyridine rings is 1. The SMILES string of the molecule is Cc1cc(NC(=O)c2c(C)c(C(=O)C(=O)N[C@H]3CCC[C@@H]3O)n(C)c2C)cnc1F. The van der Waals surface area contributed by atoms with Crippen molar-refractivity contribution in [3.05, 3.63) is 46.3 Å². The van der Waals surface area contributed by atoms with Gasteiger partial charge in [-0.15, -0.1) is 0 Å². The molecule has 0 bridgehead atoms. The molecule has 1 aliphatic carbocycles. The van der Waals surface area contributed by atoms with Crippen molar-refractivity contribution in [1.82, 2.24) is 14.9 Å². The highest BCUT2D eigenvalue weighted by atomic mass is 19.1. The maximum atomic E-state index is 13.4. The number of halogens is 1. The van der Waals surface area contributed by atoms with E-state index in [1.165, 1.54) is 23.8 Å². The minimum atomic E-state index is -0.810. The molecule has 3 rings (SSSR count). The summed E-state index contributed by atoms with van der Waals surface area (Å²) in [5.74, 6) is -2.68. The molecule has 2 aromatic heterocycles. The van der Waals surface area contributed by atoms with Gasteiger partial charge in [0.25, 0.3) is 17.6 Å². The Morgan fingerprint density at radius 1 is 1.23 bits per heavy atom. The number of amides is 2. The summed E-state index contributed by atoms with van der Waals surface area (Å²) in [6.07, 6.45) is 2.53. The quantitative estimate of drug-likeness (QED) is 0.392. The van der Waals surface area contributed by atoms with Gasteiger partial charge in [-0.05, 0) is 51.7 Å². The van der Waals surface area contributed by atoms with Crippen molar-refractivity contribution in [1.29, 1.82) is 0 Å². The lowest BCUT2D eigenvalue weighted by Crippen LogP contribution is -2.43. The van der Waals surface area contributed by atoms with Crippen LogP contribution in [0.15, 0.2) is 12.3 Å². The second-order valence-electron chi connectivity index (χ2n) is 7.69. The molecule has 0 saturated heterocycles. The summed E-state index contributed by atoms with van der Waals surface area (Å²) in [5, 5.41) is 15.1. The first-order valence-corrected chi connectivity index (χ1v) is 9.74. The Bertz CT molecular complexity index is 1030. The van der Waals surface area contributed by atoms with E-state index in [1.54, 1.807) is 20.9 Å². The van der Waals surface area contributed by atoms with E-state index < -0.39 is 35.7 Å². The number of carbonyl (C=O) groups is 3. The maximum Gasteiger partial charge on any atom is 0.294 e. The standard InChI is InChI=1S/C21H25FN4O4/c1-10-8-13(9-23-19(10)22)24-20(29)16-11(2)17(26(4)12(16)3)18(28)21(30)25-14-6-5-7-15(14)27/h8-9,14-15,27H,5-7H2,1-4H3,(H,24,29)(H,25,30)/t14-,15-/m0/s1. The van der Waals surface area contributed by atoms with Crippen LogP contribution in [0, 0.1) is 26.7 Å². The molecule has 0 radical (unpaired) electrons. The van der Waals surface area contributed by atoms with Crippen molar-refractivity contribution in [2.75, 3.05) is 5.32 Å². The Hall–Kier alpha value is -3.07. The maximum absolute atomic E-state index is 13.4. The van der Waals surface area contributed by atoms with Crippen LogP contribution in [0.4, 0.5) is 10.1 Å². The number of aromatic nitrogens is 2. The van der Waals surface area contributed by atoms with Crippen molar-refractivity contribution >= 4 is 23.3 Å². The number of aliphatic hydroxyl groups is 1. The fourth-order valence-electron chi connectivity index (χ4n) is 3.90. The van der Waals surface area contributed by atoms with Crippen molar-refractivity contribution in [2.24, 2.45) is 7.05 Å². The van der Waals surface area contributed by atoms with Crippen LogP contribution >= 0.6 is 0 Å². The van der Waals surface area contributed by atoms with Crippen LogP contribution in [0.25, 0.3) is 0 Å². The minimum Gasteiger partial charge on any atom is -0.391 e. The Labute approximate surface area is 173 Å². The summed E-state index contributed by atoms with van der Waals surface area (Å²) in [6.45, 7) is 4.81. The van der Waals surface area contributed by atoms with Gasteiger partial charge in [0.05, 0.1) is 35.3 Å². The molecule has 160 valence electrons. The normalized spacial score (nSPS) is 18.3. The number of nitrogens with one attached hydrogen (secondary N) is 2. The number of Topliss-reactive ketones (excluding diaryl/α,β-unsaturated/α-hetero) is 1. The van der Waals surface area contributed by atoms with Crippen LogP contribution in [-0.4, -0.2) is 44.4 Å². The lowest BCUT2D eigenvalue weighted by atomic mass is 10.1. The van der Waals surface area contributed by atoms with Gasteiger partial charge >= 0.3 is 0 Å². The number of hydrogen-bond acceptors (Lipinski definition) is 5. The van der Waals surface area contributed by atoms with Gasteiger partial charge in [0, 0.05) is 18.3 Å². The molecule has 0 unspecified atom stereocenters. The number of carbonyl (C=O) groups excluding carboxylic acids is 3. The lowest BCUT2D eigenvalue weighted by molar-refractivity contribution is -0.118. The lowest BCUT2D eigenvalue weighted by Gasteiger charge is -2.16. The molecule has 2 aromatic rings. The highest BCUT2D eigenvalue weighted by Crippen LogP contribution is 2.24. The summed E-state index contributed by atoms with van der Waals surface area (Å²) in [7, 11) is 1.60. The van der Waals surface area contributed by atoms with Crippen molar-refractivity contribution < 1.29 is 23.9 Å². The summed E-state index contributed by atoms with van der Waals surface area (Å²) >= 11 is 0. The largest absolute Gasteiger partial charge is 0.391 e. The second kappa shape index (κ2) is 8.35. The van der Waals surface area contributed by atoms with Crippen molar-refractivity contribution in [3.8, 4) is 0 Å². The smallest absolute Gasteiger partial charge is 0.294 e. The van der Waals surface area contributed by atoms with Gasteiger partial charge in [-0.3, -0.25) is 14.4 Å². The van der Waals surface area contributed by atoms with E-state index in [4.69, 9.17) is 0 Å². The highest BCUT2D eigenvalue weighted by molar-refractivity contribution is 6.43. The molecule has 30 heavy (non-hydrogen) atoms. The summed E-state index contributed by atoms with van der Waals surface area (Å²) in [5.41, 5.74) is 1.85. The van der Waals surface area contributed by atoms with Gasteiger partial charge in [-0.1, -0.05) is 0 Å². The van der Waals surface area contributed by atoms with Gasteiger partial charge in [0.2, 0.25) is 5.95 Å². The molecular formula is C21H25FN4O4. The summed E-state index contributed by atoms with van der Waals surface area (Å²) in [6, 6.07) is 1.01. The summed E-state index contributed by atoms with van der Waals surface area (Å²) < 4.78 is 14.9. The predicted octanol–water partition coefficient (Wildman–Crippen LogP) is 1.95. The first kappa shape index (κ1) is 21.6. The monoisotopic (exact) mass is 416 g/mol. The number of hydrogen-bond donors (Lipinski definition) is 3. The number of ketones is 1.